The van der Waals surface area contributed by atoms with Crippen molar-refractivity contribution in [1.82, 2.24) is 15.1 Å². The first-order chi connectivity index (χ1) is 13.3. The van der Waals surface area contributed by atoms with Gasteiger partial charge < -0.3 is 14.5 Å². The summed E-state index contributed by atoms with van der Waals surface area (Å²) in [5.74, 6) is 1.17. The minimum atomic E-state index is 0.207. The number of carbonyl (C=O) groups is 1. The van der Waals surface area contributed by atoms with Crippen LogP contribution in [0.15, 0.2) is 42.6 Å². The number of piperazine rings is 1. The third kappa shape index (κ3) is 3.12. The third-order valence-electron chi connectivity index (χ3n) is 5.53. The van der Waals surface area contributed by atoms with Crippen molar-refractivity contribution in [2.75, 3.05) is 37.7 Å². The van der Waals surface area contributed by atoms with E-state index in [1.165, 1.54) is 11.3 Å². The summed E-state index contributed by atoms with van der Waals surface area (Å²) in [6.07, 6.45) is 3.26. The maximum atomic E-state index is 12.7. The lowest BCUT2D eigenvalue weighted by Gasteiger charge is -2.36. The van der Waals surface area contributed by atoms with Gasteiger partial charge in [-0.05, 0) is 35.4 Å². The van der Waals surface area contributed by atoms with Crippen molar-refractivity contribution in [2.45, 2.75) is 12.8 Å². The van der Waals surface area contributed by atoms with Crippen molar-refractivity contribution in [1.29, 1.82) is 0 Å². The third-order valence-corrected chi connectivity index (χ3v) is 5.53. The Kier molecular flexibility index (Phi) is 3.96. The average Bonchev–Trinajstić information content (AvgIpc) is 3.36. The highest BCUT2D eigenvalue weighted by atomic mass is 16.5. The quantitative estimate of drug-likeness (QED) is 0.777. The SMILES string of the molecule is O=C(Cc1ccc2c(c1)CCO2)N1CCN(c2ccc3[nH]ncc3c2)CC1. The first-order valence-corrected chi connectivity index (χ1v) is 9.47. The largest absolute Gasteiger partial charge is 0.493 e. The minimum Gasteiger partial charge on any atom is -0.493 e. The molecule has 6 heteroatoms. The monoisotopic (exact) mass is 362 g/mol. The summed E-state index contributed by atoms with van der Waals surface area (Å²) in [6, 6.07) is 12.5. The van der Waals surface area contributed by atoms with Gasteiger partial charge in [-0.15, -0.1) is 0 Å². The van der Waals surface area contributed by atoms with Gasteiger partial charge in [0, 0.05) is 43.7 Å². The Morgan fingerprint density at radius 2 is 2.00 bits per heavy atom. The van der Waals surface area contributed by atoms with Crippen LogP contribution in [0, 0.1) is 0 Å². The molecule has 138 valence electrons. The second-order valence-electron chi connectivity index (χ2n) is 7.23. The number of aromatic amines is 1. The lowest BCUT2D eigenvalue weighted by molar-refractivity contribution is -0.130. The van der Waals surface area contributed by atoms with Gasteiger partial charge >= 0.3 is 0 Å². The molecule has 0 atom stereocenters. The van der Waals surface area contributed by atoms with Crippen molar-refractivity contribution in [3.05, 3.63) is 53.7 Å². The lowest BCUT2D eigenvalue weighted by atomic mass is 10.1. The van der Waals surface area contributed by atoms with Crippen LogP contribution >= 0.6 is 0 Å². The number of benzene rings is 2. The number of hydrogen-bond acceptors (Lipinski definition) is 4. The normalized spacial score (nSPS) is 16.4. The molecule has 6 nitrogen and oxygen atoms in total. The molecule has 27 heavy (non-hydrogen) atoms. The number of H-pyrrole nitrogens is 1. The summed E-state index contributed by atoms with van der Waals surface area (Å²) in [6.45, 7) is 3.98. The van der Waals surface area contributed by atoms with Crippen LogP contribution in [0.2, 0.25) is 0 Å². The van der Waals surface area contributed by atoms with Gasteiger partial charge in [0.2, 0.25) is 5.91 Å². The molecule has 0 saturated carbocycles. The predicted molar refractivity (Wildman–Crippen MR) is 104 cm³/mol. The predicted octanol–water partition coefficient (Wildman–Crippen LogP) is 2.39. The molecule has 1 saturated heterocycles. The van der Waals surface area contributed by atoms with Gasteiger partial charge in [-0.2, -0.15) is 5.10 Å². The topological polar surface area (TPSA) is 61.5 Å². The molecule has 0 bridgehead atoms. The Bertz CT molecular complexity index is 989. The molecule has 3 aromatic rings. The van der Waals surface area contributed by atoms with Crippen LogP contribution in [0.4, 0.5) is 5.69 Å². The lowest BCUT2D eigenvalue weighted by Crippen LogP contribution is -2.49. The van der Waals surface area contributed by atoms with Crippen molar-refractivity contribution < 1.29 is 9.53 Å². The molecule has 2 aromatic carbocycles. The fourth-order valence-electron chi connectivity index (χ4n) is 3.98. The Balaban J connectivity index is 1.21. The molecule has 2 aliphatic heterocycles. The molecule has 0 aliphatic carbocycles. The molecule has 3 heterocycles. The smallest absolute Gasteiger partial charge is 0.227 e. The van der Waals surface area contributed by atoms with Gasteiger partial charge in [0.15, 0.2) is 0 Å². The molecule has 0 spiro atoms. The second kappa shape index (κ2) is 6.61. The molecule has 1 N–H and O–H groups in total. The number of hydrogen-bond donors (Lipinski definition) is 1. The standard InChI is InChI=1S/C21H22N4O2/c26-21(12-15-1-4-20-16(11-15)5-10-27-20)25-8-6-24(7-9-25)18-2-3-19-17(13-18)14-22-23-19/h1-4,11,13-14H,5-10,12H2,(H,22,23). The number of carbonyl (C=O) groups excluding carboxylic acids is 1. The van der Waals surface area contributed by atoms with Crippen molar-refractivity contribution in [2.24, 2.45) is 0 Å². The zero-order valence-corrected chi connectivity index (χ0v) is 15.1. The highest BCUT2D eigenvalue weighted by Gasteiger charge is 2.22. The Hall–Kier alpha value is -3.02. The van der Waals surface area contributed by atoms with Crippen LogP contribution in [0.1, 0.15) is 11.1 Å². The molecule has 2 aliphatic rings. The number of nitrogens with one attached hydrogen (secondary N) is 1. The maximum Gasteiger partial charge on any atom is 0.227 e. The number of fused-ring (bicyclic) bond motifs is 2. The molecular weight excluding hydrogens is 340 g/mol. The minimum absolute atomic E-state index is 0.207. The summed E-state index contributed by atoms with van der Waals surface area (Å²) in [5.41, 5.74) is 4.54. The molecule has 5 rings (SSSR count). The van der Waals surface area contributed by atoms with Crippen LogP contribution in [-0.4, -0.2) is 53.8 Å². The first kappa shape index (κ1) is 16.2. The fraction of sp³-hybridized carbons (Fsp3) is 0.333. The fourth-order valence-corrected chi connectivity index (χ4v) is 3.98. The summed E-state index contributed by atoms with van der Waals surface area (Å²) < 4.78 is 5.54. The van der Waals surface area contributed by atoms with E-state index in [0.717, 1.165) is 61.4 Å². The number of rotatable bonds is 3. The van der Waals surface area contributed by atoms with Gasteiger partial charge in [0.05, 0.1) is 24.7 Å². The van der Waals surface area contributed by atoms with E-state index >= 15 is 0 Å². The molecule has 1 aromatic heterocycles. The number of aromatic nitrogens is 2. The summed E-state index contributed by atoms with van der Waals surface area (Å²) in [5, 5.41) is 8.18. The van der Waals surface area contributed by atoms with Crippen LogP contribution < -0.4 is 9.64 Å². The zero-order chi connectivity index (χ0) is 18.2. The van der Waals surface area contributed by atoms with Gasteiger partial charge in [-0.25, -0.2) is 0 Å². The summed E-state index contributed by atoms with van der Waals surface area (Å²) >= 11 is 0. The van der Waals surface area contributed by atoms with E-state index in [9.17, 15) is 4.79 Å². The van der Waals surface area contributed by atoms with E-state index in [1.54, 1.807) is 0 Å². The van der Waals surface area contributed by atoms with Gasteiger partial charge in [0.25, 0.3) is 0 Å². The number of ether oxygens (including phenoxy) is 1. The number of amides is 1. The number of anilines is 1. The first-order valence-electron chi connectivity index (χ1n) is 9.47. The summed E-state index contributed by atoms with van der Waals surface area (Å²) in [7, 11) is 0. The van der Waals surface area contributed by atoms with E-state index in [2.05, 4.69) is 39.4 Å². The molecule has 0 radical (unpaired) electrons. The van der Waals surface area contributed by atoms with E-state index in [-0.39, 0.29) is 5.91 Å². The van der Waals surface area contributed by atoms with Crippen LogP contribution in [0.3, 0.4) is 0 Å². The van der Waals surface area contributed by atoms with Crippen molar-refractivity contribution >= 4 is 22.5 Å². The zero-order valence-electron chi connectivity index (χ0n) is 15.1. The van der Waals surface area contributed by atoms with Gasteiger partial charge in [0.1, 0.15) is 5.75 Å². The maximum absolute atomic E-state index is 12.7. The number of nitrogens with zero attached hydrogens (tertiary/aromatic N) is 3. The summed E-state index contributed by atoms with van der Waals surface area (Å²) in [4.78, 5) is 17.0. The average molecular weight is 362 g/mol. The van der Waals surface area contributed by atoms with Crippen molar-refractivity contribution in [3.63, 3.8) is 0 Å². The van der Waals surface area contributed by atoms with E-state index in [0.29, 0.717) is 6.42 Å². The molecular formula is C21H22N4O2. The Labute approximate surface area is 157 Å². The highest BCUT2D eigenvalue weighted by Crippen LogP contribution is 2.26. The Morgan fingerprint density at radius 1 is 1.11 bits per heavy atom. The second-order valence-corrected chi connectivity index (χ2v) is 7.23. The van der Waals surface area contributed by atoms with E-state index in [4.69, 9.17) is 4.74 Å². The van der Waals surface area contributed by atoms with Gasteiger partial charge in [-0.3, -0.25) is 9.89 Å². The van der Waals surface area contributed by atoms with Gasteiger partial charge in [-0.1, -0.05) is 12.1 Å². The van der Waals surface area contributed by atoms with E-state index in [1.807, 2.05) is 23.2 Å². The van der Waals surface area contributed by atoms with Crippen molar-refractivity contribution in [3.8, 4) is 5.75 Å². The van der Waals surface area contributed by atoms with Crippen LogP contribution in [-0.2, 0) is 17.6 Å². The molecule has 1 amide bonds. The Morgan fingerprint density at radius 3 is 2.89 bits per heavy atom. The van der Waals surface area contributed by atoms with Crippen LogP contribution in [0.25, 0.3) is 10.9 Å². The molecule has 1 fully saturated rings. The van der Waals surface area contributed by atoms with E-state index < -0.39 is 0 Å². The van der Waals surface area contributed by atoms with Crippen LogP contribution in [0.5, 0.6) is 5.75 Å². The molecule has 0 unspecified atom stereocenters. The highest BCUT2D eigenvalue weighted by molar-refractivity contribution is 5.82.